The van der Waals surface area contributed by atoms with E-state index < -0.39 is 0 Å². The number of nitrogens with zero attached hydrogens (tertiary/aromatic N) is 1. The van der Waals surface area contributed by atoms with Gasteiger partial charge in [0.1, 0.15) is 0 Å². The van der Waals surface area contributed by atoms with E-state index in [9.17, 15) is 4.79 Å². The monoisotopic (exact) mass is 195 g/mol. The molecular formula is C11H17NO2. The van der Waals surface area contributed by atoms with E-state index in [1.54, 1.807) is 0 Å². The van der Waals surface area contributed by atoms with E-state index >= 15 is 0 Å². The maximum absolute atomic E-state index is 10.7. The largest absolute Gasteiger partial charge is 0.380 e. The van der Waals surface area contributed by atoms with Crippen molar-refractivity contribution in [2.45, 2.75) is 27.3 Å². The van der Waals surface area contributed by atoms with E-state index in [1.807, 2.05) is 26.8 Å². The first-order valence-corrected chi connectivity index (χ1v) is 4.90. The Bertz CT molecular complexity index is 315. The van der Waals surface area contributed by atoms with Crippen LogP contribution in [-0.2, 0) is 11.3 Å². The molecule has 1 aromatic heterocycles. The average Bonchev–Trinajstić information content (AvgIpc) is 2.45. The zero-order valence-corrected chi connectivity index (χ0v) is 9.04. The molecule has 0 amide bonds. The van der Waals surface area contributed by atoms with Crippen molar-refractivity contribution < 1.29 is 9.53 Å². The standard InChI is InChI=1S/C11H17NO2/c1-4-14-6-5-12-9(2)7-11(8-13)10(12)3/h7-8H,4-6H2,1-3H3. The van der Waals surface area contributed by atoms with Crippen molar-refractivity contribution in [3.05, 3.63) is 23.0 Å². The van der Waals surface area contributed by atoms with Gasteiger partial charge in [-0.25, -0.2) is 0 Å². The summed E-state index contributed by atoms with van der Waals surface area (Å²) in [5.41, 5.74) is 2.92. The van der Waals surface area contributed by atoms with Crippen LogP contribution in [0, 0.1) is 13.8 Å². The van der Waals surface area contributed by atoms with Crippen LogP contribution in [0.3, 0.4) is 0 Å². The number of carbonyl (C=O) groups excluding carboxylic acids is 1. The van der Waals surface area contributed by atoms with E-state index in [4.69, 9.17) is 4.74 Å². The zero-order chi connectivity index (χ0) is 10.6. The van der Waals surface area contributed by atoms with Gasteiger partial charge in [-0.15, -0.1) is 0 Å². The number of hydrogen-bond donors (Lipinski definition) is 0. The Kier molecular flexibility index (Phi) is 3.89. The molecule has 0 aromatic carbocycles. The molecule has 0 bridgehead atoms. The highest BCUT2D eigenvalue weighted by Crippen LogP contribution is 2.12. The molecule has 0 N–H and O–H groups in total. The summed E-state index contributed by atoms with van der Waals surface area (Å²) in [6.45, 7) is 8.20. The van der Waals surface area contributed by atoms with Crippen molar-refractivity contribution in [1.29, 1.82) is 0 Å². The van der Waals surface area contributed by atoms with Gasteiger partial charge in [-0.05, 0) is 26.8 Å². The summed E-state index contributed by atoms with van der Waals surface area (Å²) in [6, 6.07) is 1.91. The Morgan fingerprint density at radius 1 is 1.50 bits per heavy atom. The molecule has 0 radical (unpaired) electrons. The molecule has 78 valence electrons. The summed E-state index contributed by atoms with van der Waals surface area (Å²) in [5.74, 6) is 0. The summed E-state index contributed by atoms with van der Waals surface area (Å²) in [5, 5.41) is 0. The lowest BCUT2D eigenvalue weighted by atomic mass is 10.3. The Labute approximate surface area is 84.7 Å². The van der Waals surface area contributed by atoms with Crippen LogP contribution in [0.5, 0.6) is 0 Å². The predicted octanol–water partition coefficient (Wildman–Crippen LogP) is 1.95. The SMILES string of the molecule is CCOCCn1c(C)cc(C=O)c1C. The fourth-order valence-corrected chi connectivity index (χ4v) is 1.59. The molecule has 1 heterocycles. The molecule has 3 heteroatoms. The normalized spacial score (nSPS) is 10.5. The predicted molar refractivity (Wildman–Crippen MR) is 55.8 cm³/mol. The number of aryl methyl sites for hydroxylation is 1. The molecule has 0 aliphatic heterocycles. The third-order valence-electron chi connectivity index (χ3n) is 2.40. The topological polar surface area (TPSA) is 31.2 Å². The third-order valence-corrected chi connectivity index (χ3v) is 2.40. The molecule has 0 saturated heterocycles. The number of hydrogen-bond acceptors (Lipinski definition) is 2. The number of aldehydes is 1. The first kappa shape index (κ1) is 11.0. The van der Waals surface area contributed by atoms with Crippen LogP contribution in [-0.4, -0.2) is 24.1 Å². The molecule has 0 unspecified atom stereocenters. The first-order valence-electron chi connectivity index (χ1n) is 4.90. The van der Waals surface area contributed by atoms with Gasteiger partial charge >= 0.3 is 0 Å². The van der Waals surface area contributed by atoms with E-state index in [2.05, 4.69) is 4.57 Å². The van der Waals surface area contributed by atoms with Crippen LogP contribution >= 0.6 is 0 Å². The lowest BCUT2D eigenvalue weighted by molar-refractivity contribution is 0.112. The van der Waals surface area contributed by atoms with Crippen molar-refractivity contribution in [2.75, 3.05) is 13.2 Å². The van der Waals surface area contributed by atoms with Crippen LogP contribution < -0.4 is 0 Å². The second kappa shape index (κ2) is 4.96. The van der Waals surface area contributed by atoms with Gasteiger partial charge in [-0.2, -0.15) is 0 Å². The summed E-state index contributed by atoms with van der Waals surface area (Å²) in [4.78, 5) is 10.7. The van der Waals surface area contributed by atoms with Gasteiger partial charge in [0.25, 0.3) is 0 Å². The van der Waals surface area contributed by atoms with Crippen molar-refractivity contribution in [2.24, 2.45) is 0 Å². The van der Waals surface area contributed by atoms with Crippen molar-refractivity contribution in [1.82, 2.24) is 4.57 Å². The van der Waals surface area contributed by atoms with Gasteiger partial charge in [0.05, 0.1) is 6.61 Å². The minimum absolute atomic E-state index is 0.700. The van der Waals surface area contributed by atoms with Crippen molar-refractivity contribution in [3.8, 4) is 0 Å². The summed E-state index contributed by atoms with van der Waals surface area (Å²) in [6.07, 6.45) is 0.902. The Hall–Kier alpha value is -1.09. The quantitative estimate of drug-likeness (QED) is 0.531. The van der Waals surface area contributed by atoms with Crippen LogP contribution in [0.2, 0.25) is 0 Å². The Morgan fingerprint density at radius 2 is 2.21 bits per heavy atom. The highest BCUT2D eigenvalue weighted by molar-refractivity contribution is 5.77. The van der Waals surface area contributed by atoms with Crippen LogP contribution in [0.1, 0.15) is 28.7 Å². The molecule has 3 nitrogen and oxygen atoms in total. The van der Waals surface area contributed by atoms with Gasteiger partial charge in [-0.1, -0.05) is 0 Å². The molecule has 1 aromatic rings. The number of rotatable bonds is 5. The van der Waals surface area contributed by atoms with E-state index in [0.717, 1.165) is 36.4 Å². The van der Waals surface area contributed by atoms with E-state index in [-0.39, 0.29) is 0 Å². The van der Waals surface area contributed by atoms with Crippen LogP contribution in [0.25, 0.3) is 0 Å². The Morgan fingerprint density at radius 3 is 2.71 bits per heavy atom. The molecule has 0 atom stereocenters. The van der Waals surface area contributed by atoms with Crippen LogP contribution in [0.4, 0.5) is 0 Å². The third kappa shape index (κ3) is 2.23. The van der Waals surface area contributed by atoms with Crippen molar-refractivity contribution in [3.63, 3.8) is 0 Å². The lowest BCUT2D eigenvalue weighted by Gasteiger charge is -2.08. The molecular weight excluding hydrogens is 178 g/mol. The minimum atomic E-state index is 0.700. The number of ether oxygens (including phenoxy) is 1. The molecule has 0 aliphatic rings. The highest BCUT2D eigenvalue weighted by Gasteiger charge is 2.07. The van der Waals surface area contributed by atoms with Crippen LogP contribution in [0.15, 0.2) is 6.07 Å². The summed E-state index contributed by atoms with van der Waals surface area (Å²) >= 11 is 0. The molecule has 1 rings (SSSR count). The minimum Gasteiger partial charge on any atom is -0.380 e. The fourth-order valence-electron chi connectivity index (χ4n) is 1.59. The molecule has 14 heavy (non-hydrogen) atoms. The second-order valence-corrected chi connectivity index (χ2v) is 3.29. The highest BCUT2D eigenvalue weighted by atomic mass is 16.5. The van der Waals surface area contributed by atoms with Gasteiger partial charge in [-0.3, -0.25) is 4.79 Å². The van der Waals surface area contributed by atoms with E-state index in [1.165, 1.54) is 0 Å². The molecule has 0 fully saturated rings. The van der Waals surface area contributed by atoms with Gasteiger partial charge in [0.2, 0.25) is 0 Å². The van der Waals surface area contributed by atoms with Crippen molar-refractivity contribution >= 4 is 6.29 Å². The molecule has 0 spiro atoms. The number of carbonyl (C=O) groups is 1. The second-order valence-electron chi connectivity index (χ2n) is 3.29. The molecule has 0 saturated carbocycles. The fraction of sp³-hybridized carbons (Fsp3) is 0.545. The van der Waals surface area contributed by atoms with E-state index in [0.29, 0.717) is 6.61 Å². The number of aromatic nitrogens is 1. The smallest absolute Gasteiger partial charge is 0.151 e. The molecule has 0 aliphatic carbocycles. The maximum Gasteiger partial charge on any atom is 0.151 e. The van der Waals surface area contributed by atoms with Gasteiger partial charge < -0.3 is 9.30 Å². The summed E-state index contributed by atoms with van der Waals surface area (Å²) < 4.78 is 7.39. The lowest BCUT2D eigenvalue weighted by Crippen LogP contribution is -2.08. The summed E-state index contributed by atoms with van der Waals surface area (Å²) in [7, 11) is 0. The zero-order valence-electron chi connectivity index (χ0n) is 9.04. The van der Waals surface area contributed by atoms with Gasteiger partial charge in [0.15, 0.2) is 6.29 Å². The maximum atomic E-state index is 10.7. The Balaban J connectivity index is 2.75. The average molecular weight is 195 g/mol. The van der Waals surface area contributed by atoms with Gasteiger partial charge in [0, 0.05) is 30.1 Å². The first-order chi connectivity index (χ1) is 6.70.